The Morgan fingerprint density at radius 1 is 0.913 bits per heavy atom. The molecule has 2 N–H and O–H groups in total. The van der Waals surface area contributed by atoms with Crippen LogP contribution in [0.4, 0.5) is 11.4 Å². The molecule has 23 heavy (non-hydrogen) atoms. The minimum atomic E-state index is -3.85. The summed E-state index contributed by atoms with van der Waals surface area (Å²) in [6.45, 7) is 1.68. The summed E-state index contributed by atoms with van der Waals surface area (Å²) in [6.07, 6.45) is 1.000. The summed E-state index contributed by atoms with van der Waals surface area (Å²) < 4.78 is 52.2. The highest BCUT2D eigenvalue weighted by molar-refractivity contribution is 7.93. The van der Waals surface area contributed by atoms with E-state index in [1.165, 1.54) is 30.3 Å². The van der Waals surface area contributed by atoms with E-state index in [1.807, 2.05) is 0 Å². The second kappa shape index (κ2) is 6.38. The highest BCUT2D eigenvalue weighted by atomic mass is 35.5. The Labute approximate surface area is 140 Å². The average Bonchev–Trinajstić information content (AvgIpc) is 2.42. The Morgan fingerprint density at radius 3 is 2.09 bits per heavy atom. The lowest BCUT2D eigenvalue weighted by molar-refractivity contribution is 0.600. The topological polar surface area (TPSA) is 92.3 Å². The number of rotatable bonds is 5. The van der Waals surface area contributed by atoms with Gasteiger partial charge in [-0.15, -0.1) is 0 Å². The Balaban J connectivity index is 2.36. The van der Waals surface area contributed by atoms with Crippen molar-refractivity contribution in [2.75, 3.05) is 15.7 Å². The smallest absolute Gasteiger partial charge is 0.261 e. The van der Waals surface area contributed by atoms with Crippen LogP contribution < -0.4 is 9.44 Å². The van der Waals surface area contributed by atoms with E-state index in [0.29, 0.717) is 16.3 Å². The first kappa shape index (κ1) is 17.6. The summed E-state index contributed by atoms with van der Waals surface area (Å²) in [4.78, 5) is -0.0517. The normalized spacial score (nSPS) is 12.0. The summed E-state index contributed by atoms with van der Waals surface area (Å²) in [7, 11) is -7.35. The molecule has 0 fully saturated rings. The van der Waals surface area contributed by atoms with Crippen LogP contribution in [0.5, 0.6) is 0 Å². The molecule has 9 heteroatoms. The Morgan fingerprint density at radius 2 is 1.52 bits per heavy atom. The number of hydrogen-bond acceptors (Lipinski definition) is 4. The van der Waals surface area contributed by atoms with Gasteiger partial charge in [0.15, 0.2) is 0 Å². The third kappa shape index (κ3) is 4.85. The zero-order valence-electron chi connectivity index (χ0n) is 12.4. The minimum Gasteiger partial charge on any atom is -0.283 e. The molecule has 6 nitrogen and oxygen atoms in total. The van der Waals surface area contributed by atoms with Crippen molar-refractivity contribution in [3.05, 3.63) is 53.1 Å². The first-order valence-electron chi connectivity index (χ1n) is 6.44. The summed E-state index contributed by atoms with van der Waals surface area (Å²) in [5.41, 5.74) is 1.18. The van der Waals surface area contributed by atoms with Gasteiger partial charge in [-0.3, -0.25) is 9.44 Å². The molecule has 0 aliphatic heterocycles. The van der Waals surface area contributed by atoms with Gasteiger partial charge in [-0.05, 0) is 48.9 Å². The molecule has 0 heterocycles. The third-order valence-electron chi connectivity index (χ3n) is 2.91. The first-order chi connectivity index (χ1) is 10.6. The van der Waals surface area contributed by atoms with Gasteiger partial charge in [0.25, 0.3) is 10.0 Å². The van der Waals surface area contributed by atoms with Crippen molar-refractivity contribution in [3.8, 4) is 0 Å². The fourth-order valence-electron chi connectivity index (χ4n) is 1.81. The lowest BCUT2D eigenvalue weighted by atomic mass is 10.2. The standard InChI is InChI=1S/C14H15ClN2O4S2/c1-10-3-8-13(9-14(10)17-22(2,18)19)23(20,21)16-12-6-4-11(15)5-7-12/h3-9,16-17H,1-2H3. The Hall–Kier alpha value is -1.77. The van der Waals surface area contributed by atoms with Crippen molar-refractivity contribution >= 4 is 43.0 Å². The van der Waals surface area contributed by atoms with Crippen molar-refractivity contribution in [1.29, 1.82) is 0 Å². The molecule has 0 aromatic heterocycles. The van der Waals surface area contributed by atoms with E-state index in [9.17, 15) is 16.8 Å². The van der Waals surface area contributed by atoms with Crippen LogP contribution >= 0.6 is 11.6 Å². The summed E-state index contributed by atoms with van der Waals surface area (Å²) >= 11 is 5.76. The van der Waals surface area contributed by atoms with Crippen LogP contribution in [0, 0.1) is 6.92 Å². The molecule has 2 aromatic rings. The maximum absolute atomic E-state index is 12.4. The second-order valence-electron chi connectivity index (χ2n) is 4.96. The molecule has 0 saturated heterocycles. The largest absolute Gasteiger partial charge is 0.283 e. The monoisotopic (exact) mass is 374 g/mol. The maximum atomic E-state index is 12.4. The molecule has 0 bridgehead atoms. The minimum absolute atomic E-state index is 0.0517. The number of hydrogen-bond donors (Lipinski definition) is 2. The second-order valence-corrected chi connectivity index (χ2v) is 8.83. The van der Waals surface area contributed by atoms with Crippen molar-refractivity contribution < 1.29 is 16.8 Å². The van der Waals surface area contributed by atoms with Crippen LogP contribution in [-0.2, 0) is 20.0 Å². The SMILES string of the molecule is Cc1ccc(S(=O)(=O)Nc2ccc(Cl)cc2)cc1NS(C)(=O)=O. The molecular formula is C14H15ClN2O4S2. The van der Waals surface area contributed by atoms with Gasteiger partial charge in [-0.1, -0.05) is 17.7 Å². The van der Waals surface area contributed by atoms with Gasteiger partial charge >= 0.3 is 0 Å². The summed E-state index contributed by atoms with van der Waals surface area (Å²) in [6, 6.07) is 10.4. The molecule has 0 unspecified atom stereocenters. The van der Waals surface area contributed by atoms with Gasteiger partial charge in [0, 0.05) is 10.7 Å². The van der Waals surface area contributed by atoms with Gasteiger partial charge < -0.3 is 0 Å². The molecule has 0 aliphatic rings. The van der Waals surface area contributed by atoms with Crippen molar-refractivity contribution in [3.63, 3.8) is 0 Å². The van der Waals surface area contributed by atoms with E-state index in [1.54, 1.807) is 19.1 Å². The predicted molar refractivity (Wildman–Crippen MR) is 91.9 cm³/mol. The molecule has 124 valence electrons. The van der Waals surface area contributed by atoms with Gasteiger partial charge in [-0.2, -0.15) is 0 Å². The predicted octanol–water partition coefficient (Wildman–Crippen LogP) is 2.82. The molecule has 0 aliphatic carbocycles. The Kier molecular flexibility index (Phi) is 4.88. The highest BCUT2D eigenvalue weighted by Crippen LogP contribution is 2.23. The van der Waals surface area contributed by atoms with E-state index in [-0.39, 0.29) is 10.6 Å². The van der Waals surface area contributed by atoms with Crippen LogP contribution in [0.1, 0.15) is 5.56 Å². The number of benzene rings is 2. The van der Waals surface area contributed by atoms with Crippen LogP contribution in [0.3, 0.4) is 0 Å². The molecule has 0 radical (unpaired) electrons. The molecule has 0 atom stereocenters. The molecule has 0 amide bonds. The van der Waals surface area contributed by atoms with Gasteiger partial charge in [0.2, 0.25) is 10.0 Å². The maximum Gasteiger partial charge on any atom is 0.261 e. The van der Waals surface area contributed by atoms with E-state index in [2.05, 4.69) is 9.44 Å². The van der Waals surface area contributed by atoms with Gasteiger partial charge in [0.1, 0.15) is 0 Å². The van der Waals surface area contributed by atoms with Crippen molar-refractivity contribution in [1.82, 2.24) is 0 Å². The highest BCUT2D eigenvalue weighted by Gasteiger charge is 2.16. The first-order valence-corrected chi connectivity index (χ1v) is 10.2. The lowest BCUT2D eigenvalue weighted by Crippen LogP contribution is -2.15. The zero-order valence-corrected chi connectivity index (χ0v) is 14.8. The van der Waals surface area contributed by atoms with E-state index >= 15 is 0 Å². The van der Waals surface area contributed by atoms with Crippen LogP contribution in [-0.4, -0.2) is 23.1 Å². The molecular weight excluding hydrogens is 360 g/mol. The quantitative estimate of drug-likeness (QED) is 0.841. The van der Waals surface area contributed by atoms with Crippen molar-refractivity contribution in [2.24, 2.45) is 0 Å². The number of halogens is 1. The molecule has 0 spiro atoms. The number of aryl methyl sites for hydroxylation is 1. The number of anilines is 2. The van der Waals surface area contributed by atoms with Gasteiger partial charge in [0.05, 0.1) is 16.8 Å². The van der Waals surface area contributed by atoms with Crippen LogP contribution in [0.2, 0.25) is 5.02 Å². The zero-order chi connectivity index (χ0) is 17.3. The molecule has 2 rings (SSSR count). The fourth-order valence-corrected chi connectivity index (χ4v) is 3.64. The van der Waals surface area contributed by atoms with Crippen LogP contribution in [0.25, 0.3) is 0 Å². The molecule has 2 aromatic carbocycles. The van der Waals surface area contributed by atoms with Gasteiger partial charge in [-0.25, -0.2) is 16.8 Å². The van der Waals surface area contributed by atoms with Crippen LogP contribution in [0.15, 0.2) is 47.4 Å². The number of sulfonamides is 2. The van der Waals surface area contributed by atoms with E-state index < -0.39 is 20.0 Å². The fraction of sp³-hybridized carbons (Fsp3) is 0.143. The third-order valence-corrected chi connectivity index (χ3v) is 5.13. The average molecular weight is 375 g/mol. The lowest BCUT2D eigenvalue weighted by Gasteiger charge is -2.12. The Bertz CT molecular complexity index is 924. The summed E-state index contributed by atoms with van der Waals surface area (Å²) in [5.74, 6) is 0. The summed E-state index contributed by atoms with van der Waals surface area (Å²) in [5, 5.41) is 0.489. The van der Waals surface area contributed by atoms with Crippen molar-refractivity contribution in [2.45, 2.75) is 11.8 Å². The van der Waals surface area contributed by atoms with E-state index in [0.717, 1.165) is 6.26 Å². The number of nitrogens with one attached hydrogen (secondary N) is 2. The molecule has 0 saturated carbocycles. The van der Waals surface area contributed by atoms with E-state index in [4.69, 9.17) is 11.6 Å².